The first-order chi connectivity index (χ1) is 9.11. The van der Waals surface area contributed by atoms with Gasteiger partial charge in [0.05, 0.1) is 7.11 Å². The van der Waals surface area contributed by atoms with Crippen molar-refractivity contribution in [3.63, 3.8) is 0 Å². The van der Waals surface area contributed by atoms with Gasteiger partial charge in [-0.3, -0.25) is 0 Å². The van der Waals surface area contributed by atoms with E-state index in [1.807, 2.05) is 24.1 Å². The predicted octanol–water partition coefficient (Wildman–Crippen LogP) is 3.54. The molecule has 100 valence electrons. The third-order valence-electron chi connectivity index (χ3n) is 2.64. The molecule has 0 radical (unpaired) electrons. The van der Waals surface area contributed by atoms with Crippen molar-refractivity contribution in [2.24, 2.45) is 0 Å². The fraction of sp³-hybridized carbons (Fsp3) is 0.231. The van der Waals surface area contributed by atoms with E-state index in [4.69, 9.17) is 16.3 Å². The lowest BCUT2D eigenvalue weighted by Gasteiger charge is -2.20. The van der Waals surface area contributed by atoms with Crippen LogP contribution in [0.3, 0.4) is 0 Å². The Morgan fingerprint density at radius 2 is 1.95 bits per heavy atom. The molecule has 19 heavy (non-hydrogen) atoms. The lowest BCUT2D eigenvalue weighted by Crippen LogP contribution is -2.18. The second-order valence-corrected chi connectivity index (χ2v) is 5.28. The van der Waals surface area contributed by atoms with Crippen LogP contribution in [0.2, 0.25) is 5.15 Å². The maximum absolute atomic E-state index is 5.99. The molecule has 0 atom stereocenters. The number of hydrogen-bond acceptors (Lipinski definition) is 4. The molecule has 1 heterocycles. The molecule has 0 bridgehead atoms. The smallest absolute Gasteiger partial charge is 0.199 e. The van der Waals surface area contributed by atoms with E-state index in [1.54, 1.807) is 7.11 Å². The van der Waals surface area contributed by atoms with Gasteiger partial charge in [0.15, 0.2) is 16.7 Å². The van der Waals surface area contributed by atoms with Gasteiger partial charge in [-0.1, -0.05) is 39.7 Å². The molecule has 0 amide bonds. The fourth-order valence-corrected chi connectivity index (χ4v) is 2.20. The highest BCUT2D eigenvalue weighted by Crippen LogP contribution is 2.31. The van der Waals surface area contributed by atoms with Gasteiger partial charge in [-0.2, -0.15) is 0 Å². The largest absolute Gasteiger partial charge is 0.490 e. The van der Waals surface area contributed by atoms with Crippen LogP contribution in [0.4, 0.5) is 5.82 Å². The molecule has 0 unspecified atom stereocenters. The number of halogens is 2. The summed E-state index contributed by atoms with van der Waals surface area (Å²) in [6.45, 7) is 0.705. The van der Waals surface area contributed by atoms with Gasteiger partial charge in [0.1, 0.15) is 6.33 Å². The summed E-state index contributed by atoms with van der Waals surface area (Å²) in [5.74, 6) is 1.16. The van der Waals surface area contributed by atoms with Gasteiger partial charge in [-0.25, -0.2) is 9.97 Å². The number of ether oxygens (including phenoxy) is 1. The third kappa shape index (κ3) is 3.36. The lowest BCUT2D eigenvalue weighted by molar-refractivity contribution is 0.411. The average molecular weight is 343 g/mol. The van der Waals surface area contributed by atoms with E-state index in [-0.39, 0.29) is 0 Å². The quantitative estimate of drug-likeness (QED) is 0.797. The van der Waals surface area contributed by atoms with Crippen molar-refractivity contribution in [2.45, 2.75) is 6.54 Å². The second kappa shape index (κ2) is 6.21. The SMILES string of the molecule is COc1c(Cl)ncnc1N(C)Cc1ccc(Br)cc1. The van der Waals surface area contributed by atoms with E-state index in [0.717, 1.165) is 4.47 Å². The van der Waals surface area contributed by atoms with Crippen molar-refractivity contribution in [2.75, 3.05) is 19.1 Å². The standard InChI is InChI=1S/C13H13BrClN3O/c1-18(7-9-3-5-10(14)6-4-9)13-11(19-2)12(15)16-8-17-13/h3-6,8H,7H2,1-2H3. The number of rotatable bonds is 4. The van der Waals surface area contributed by atoms with Gasteiger partial charge in [0.25, 0.3) is 0 Å². The molecule has 0 saturated heterocycles. The zero-order chi connectivity index (χ0) is 13.8. The summed E-state index contributed by atoms with van der Waals surface area (Å²) in [5, 5.41) is 0.315. The Balaban J connectivity index is 2.22. The zero-order valence-electron chi connectivity index (χ0n) is 10.6. The second-order valence-electron chi connectivity index (χ2n) is 4.00. The van der Waals surface area contributed by atoms with Crippen molar-refractivity contribution >= 4 is 33.3 Å². The van der Waals surface area contributed by atoms with Gasteiger partial charge in [0.2, 0.25) is 0 Å². The van der Waals surface area contributed by atoms with E-state index in [9.17, 15) is 0 Å². The van der Waals surface area contributed by atoms with Gasteiger partial charge in [0, 0.05) is 18.1 Å². The number of benzene rings is 1. The summed E-state index contributed by atoms with van der Waals surface area (Å²) in [6, 6.07) is 8.12. The first kappa shape index (κ1) is 14.1. The van der Waals surface area contributed by atoms with Crippen molar-refractivity contribution < 1.29 is 4.74 Å². The topological polar surface area (TPSA) is 38.3 Å². The zero-order valence-corrected chi connectivity index (χ0v) is 12.9. The minimum Gasteiger partial charge on any atom is -0.490 e. The minimum absolute atomic E-state index is 0.315. The average Bonchev–Trinajstić information content (AvgIpc) is 2.41. The molecule has 0 spiro atoms. The lowest BCUT2D eigenvalue weighted by atomic mass is 10.2. The minimum atomic E-state index is 0.315. The van der Waals surface area contributed by atoms with Crippen LogP contribution in [0.5, 0.6) is 5.75 Å². The number of anilines is 1. The number of nitrogens with zero attached hydrogens (tertiary/aromatic N) is 3. The van der Waals surface area contributed by atoms with Crippen LogP contribution in [0.15, 0.2) is 35.1 Å². The van der Waals surface area contributed by atoms with Crippen molar-refractivity contribution in [1.29, 1.82) is 0 Å². The van der Waals surface area contributed by atoms with E-state index in [1.165, 1.54) is 11.9 Å². The summed E-state index contributed by atoms with van der Waals surface area (Å²) in [6.07, 6.45) is 1.43. The fourth-order valence-electron chi connectivity index (χ4n) is 1.73. The van der Waals surface area contributed by atoms with Gasteiger partial charge in [-0.05, 0) is 17.7 Å². The number of aromatic nitrogens is 2. The van der Waals surface area contributed by atoms with Crippen LogP contribution in [-0.4, -0.2) is 24.1 Å². The highest BCUT2D eigenvalue weighted by molar-refractivity contribution is 9.10. The maximum Gasteiger partial charge on any atom is 0.199 e. The highest BCUT2D eigenvalue weighted by atomic mass is 79.9. The summed E-state index contributed by atoms with van der Waals surface area (Å²) >= 11 is 9.41. The van der Waals surface area contributed by atoms with Crippen LogP contribution >= 0.6 is 27.5 Å². The third-order valence-corrected chi connectivity index (χ3v) is 3.44. The van der Waals surface area contributed by atoms with Crippen molar-refractivity contribution in [3.05, 3.63) is 45.8 Å². The Labute approximate surface area is 125 Å². The molecule has 0 N–H and O–H groups in total. The first-order valence-electron chi connectivity index (χ1n) is 5.62. The molecule has 1 aromatic heterocycles. The monoisotopic (exact) mass is 341 g/mol. The summed E-state index contributed by atoms with van der Waals surface area (Å²) in [4.78, 5) is 10.1. The van der Waals surface area contributed by atoms with Gasteiger partial charge in [-0.15, -0.1) is 0 Å². The van der Waals surface area contributed by atoms with E-state index in [0.29, 0.717) is 23.3 Å². The molecule has 0 aliphatic carbocycles. The van der Waals surface area contributed by atoms with Crippen molar-refractivity contribution in [3.8, 4) is 5.75 Å². The Morgan fingerprint density at radius 3 is 2.58 bits per heavy atom. The van der Waals surface area contributed by atoms with Crippen LogP contribution in [0.1, 0.15) is 5.56 Å². The van der Waals surface area contributed by atoms with Gasteiger partial charge >= 0.3 is 0 Å². The molecule has 4 nitrogen and oxygen atoms in total. The van der Waals surface area contributed by atoms with Crippen LogP contribution in [-0.2, 0) is 6.54 Å². The molecule has 0 saturated carbocycles. The molecule has 0 aliphatic heterocycles. The van der Waals surface area contributed by atoms with Crippen LogP contribution in [0.25, 0.3) is 0 Å². The van der Waals surface area contributed by atoms with E-state index >= 15 is 0 Å². The maximum atomic E-state index is 5.99. The summed E-state index contributed by atoms with van der Waals surface area (Å²) in [7, 11) is 3.49. The summed E-state index contributed by atoms with van der Waals surface area (Å²) in [5.41, 5.74) is 1.17. The Bertz CT molecular complexity index is 562. The molecule has 2 aromatic rings. The normalized spacial score (nSPS) is 10.3. The molecule has 1 aromatic carbocycles. The Morgan fingerprint density at radius 1 is 1.26 bits per heavy atom. The number of methoxy groups -OCH3 is 1. The Kier molecular flexibility index (Phi) is 4.61. The molecule has 0 aliphatic rings. The summed E-state index contributed by atoms with van der Waals surface area (Å²) < 4.78 is 6.30. The van der Waals surface area contributed by atoms with E-state index < -0.39 is 0 Å². The molecule has 0 fully saturated rings. The first-order valence-corrected chi connectivity index (χ1v) is 6.79. The van der Waals surface area contributed by atoms with Gasteiger partial charge < -0.3 is 9.64 Å². The highest BCUT2D eigenvalue weighted by Gasteiger charge is 2.14. The molecule has 2 rings (SSSR count). The Hall–Kier alpha value is -1.33. The number of hydrogen-bond donors (Lipinski definition) is 0. The molecule has 6 heteroatoms. The molecular formula is C13H13BrClN3O. The van der Waals surface area contributed by atoms with Crippen LogP contribution < -0.4 is 9.64 Å². The predicted molar refractivity (Wildman–Crippen MR) is 79.8 cm³/mol. The van der Waals surface area contributed by atoms with Crippen molar-refractivity contribution in [1.82, 2.24) is 9.97 Å². The van der Waals surface area contributed by atoms with E-state index in [2.05, 4.69) is 38.0 Å². The van der Waals surface area contributed by atoms with Crippen LogP contribution in [0, 0.1) is 0 Å². The molecular weight excluding hydrogens is 330 g/mol.